The van der Waals surface area contributed by atoms with Gasteiger partial charge in [0, 0.05) is 27.2 Å². The van der Waals surface area contributed by atoms with E-state index in [0.717, 1.165) is 62.9 Å². The number of amides is 2. The first-order valence-corrected chi connectivity index (χ1v) is 21.6. The van der Waals surface area contributed by atoms with Crippen LogP contribution in [0.1, 0.15) is 124 Å². The Morgan fingerprint density at radius 1 is 0.772 bits per heavy atom. The molecule has 6 atom stereocenters. The lowest BCUT2D eigenvalue weighted by atomic mass is 9.96. The molecule has 2 aromatic carbocycles. The van der Waals surface area contributed by atoms with Crippen molar-refractivity contribution >= 4 is 23.4 Å². The minimum absolute atomic E-state index is 0.0151. The Labute approximate surface area is 344 Å². The summed E-state index contributed by atoms with van der Waals surface area (Å²) in [5.41, 5.74) is 3.83. The van der Waals surface area contributed by atoms with Gasteiger partial charge in [-0.15, -0.1) is 0 Å². The summed E-state index contributed by atoms with van der Waals surface area (Å²) in [5.74, 6) is 2.43. The van der Waals surface area contributed by atoms with Crippen LogP contribution < -0.4 is 20.1 Å². The highest BCUT2D eigenvalue weighted by Gasteiger charge is 2.39. The monoisotopic (exact) mass is 791 g/mol. The van der Waals surface area contributed by atoms with Crippen LogP contribution in [0.4, 0.5) is 0 Å². The number of ketones is 2. The Morgan fingerprint density at radius 2 is 1.35 bits per heavy atom. The Morgan fingerprint density at radius 3 is 1.93 bits per heavy atom. The minimum atomic E-state index is -0.422. The summed E-state index contributed by atoms with van der Waals surface area (Å²) in [7, 11) is 3.42. The SMILES string of the molecule is CCCCc1cccc2c1OC(CN[C@H](C(=O)N(C)[C@H](C)C(C)=O)C1CC1)CC2.CCCCc1ccccc1O[C@H](C)CN[C@H](C(=O)N(C)[C@H](C)C(C)=O)C(C)C. The predicted octanol–water partition coefficient (Wildman–Crippen LogP) is 7.37. The van der Waals surface area contributed by atoms with Crippen LogP contribution in [-0.4, -0.2) is 96.7 Å². The number of ether oxygens (including phenoxy) is 2. The van der Waals surface area contributed by atoms with Gasteiger partial charge >= 0.3 is 0 Å². The second-order valence-electron chi connectivity index (χ2n) is 16.8. The molecule has 0 spiro atoms. The summed E-state index contributed by atoms with van der Waals surface area (Å²) in [6.07, 6.45) is 10.8. The first-order chi connectivity index (χ1) is 27.1. The molecule has 4 rings (SSSR count). The number of Topliss-reactive ketones (excluding diaryl/α,β-unsaturated/α-hetero) is 2. The molecule has 0 aromatic heterocycles. The van der Waals surface area contributed by atoms with Crippen LogP contribution in [0.2, 0.25) is 0 Å². The summed E-state index contributed by atoms with van der Waals surface area (Å²) in [6.45, 7) is 18.2. The Kier molecular flexibility index (Phi) is 19.7. The largest absolute Gasteiger partial charge is 0.489 e. The maximum absolute atomic E-state index is 13.0. The quantitative estimate of drug-likeness (QED) is 0.127. The Hall–Kier alpha value is -3.76. The number of carbonyl (C=O) groups is 4. The molecule has 1 aliphatic heterocycles. The molecular weight excluding hydrogens is 717 g/mol. The van der Waals surface area contributed by atoms with Gasteiger partial charge in [-0.2, -0.15) is 0 Å². The van der Waals surface area contributed by atoms with Crippen molar-refractivity contribution in [3.8, 4) is 11.5 Å². The van der Waals surface area contributed by atoms with Gasteiger partial charge in [0.05, 0.1) is 24.2 Å². The predicted molar refractivity (Wildman–Crippen MR) is 230 cm³/mol. The molecule has 10 nitrogen and oxygen atoms in total. The number of carbonyl (C=O) groups excluding carboxylic acids is 4. The third-order valence-corrected chi connectivity index (χ3v) is 11.6. The first-order valence-electron chi connectivity index (χ1n) is 21.6. The van der Waals surface area contributed by atoms with Crippen LogP contribution in [0, 0.1) is 11.8 Å². The van der Waals surface area contributed by atoms with Crippen molar-refractivity contribution in [2.75, 3.05) is 27.2 Å². The number of fused-ring (bicyclic) bond motifs is 1. The lowest BCUT2D eigenvalue weighted by molar-refractivity contribution is -0.139. The lowest BCUT2D eigenvalue weighted by Crippen LogP contribution is -2.53. The van der Waals surface area contributed by atoms with Crippen LogP contribution in [-0.2, 0) is 38.4 Å². The first kappa shape index (κ1) is 47.6. The molecule has 2 aliphatic rings. The van der Waals surface area contributed by atoms with E-state index in [9.17, 15) is 19.2 Å². The summed E-state index contributed by atoms with van der Waals surface area (Å²) in [5, 5.41) is 6.84. The number of likely N-dealkylation sites (N-methyl/N-ethyl adjacent to an activating group) is 2. The maximum Gasteiger partial charge on any atom is 0.240 e. The number of unbranched alkanes of at least 4 members (excludes halogenated alkanes) is 2. The average molecular weight is 791 g/mol. The van der Waals surface area contributed by atoms with E-state index in [1.54, 1.807) is 32.8 Å². The van der Waals surface area contributed by atoms with E-state index in [2.05, 4.69) is 48.7 Å². The Balaban J connectivity index is 0.000000306. The molecule has 10 heteroatoms. The van der Waals surface area contributed by atoms with E-state index >= 15 is 0 Å². The van der Waals surface area contributed by atoms with Crippen LogP contribution in [0.5, 0.6) is 11.5 Å². The number of para-hydroxylation sites is 2. The summed E-state index contributed by atoms with van der Waals surface area (Å²) in [4.78, 5) is 52.3. The van der Waals surface area contributed by atoms with Crippen molar-refractivity contribution in [2.24, 2.45) is 11.8 Å². The molecule has 2 amide bonds. The number of benzene rings is 2. The fraction of sp³-hybridized carbons (Fsp3) is 0.660. The van der Waals surface area contributed by atoms with Gasteiger partial charge in [-0.05, 0) is 121 Å². The van der Waals surface area contributed by atoms with Crippen molar-refractivity contribution in [3.63, 3.8) is 0 Å². The van der Waals surface area contributed by atoms with E-state index in [4.69, 9.17) is 9.47 Å². The molecule has 2 N–H and O–H groups in total. The second-order valence-corrected chi connectivity index (χ2v) is 16.8. The fourth-order valence-electron chi connectivity index (χ4n) is 7.10. The maximum atomic E-state index is 13.0. The molecule has 0 bridgehead atoms. The van der Waals surface area contributed by atoms with Gasteiger partial charge in [-0.25, -0.2) is 0 Å². The number of nitrogens with zero attached hydrogens (tertiary/aromatic N) is 2. The number of nitrogens with one attached hydrogen (secondary N) is 2. The summed E-state index contributed by atoms with van der Waals surface area (Å²) < 4.78 is 12.6. The molecule has 1 heterocycles. The van der Waals surface area contributed by atoms with E-state index in [0.29, 0.717) is 19.0 Å². The highest BCUT2D eigenvalue weighted by atomic mass is 16.5. The average Bonchev–Trinajstić information content (AvgIpc) is 4.04. The normalized spacial score (nSPS) is 17.4. The van der Waals surface area contributed by atoms with E-state index < -0.39 is 6.04 Å². The molecule has 57 heavy (non-hydrogen) atoms. The highest BCUT2D eigenvalue weighted by Crippen LogP contribution is 2.35. The molecule has 0 radical (unpaired) electrons. The van der Waals surface area contributed by atoms with E-state index in [1.165, 1.54) is 48.3 Å². The van der Waals surface area contributed by atoms with Gasteiger partial charge in [0.25, 0.3) is 0 Å². The van der Waals surface area contributed by atoms with Gasteiger partial charge in [0.2, 0.25) is 11.8 Å². The van der Waals surface area contributed by atoms with Crippen molar-refractivity contribution in [1.82, 2.24) is 20.4 Å². The lowest BCUT2D eigenvalue weighted by Gasteiger charge is -2.31. The minimum Gasteiger partial charge on any atom is -0.489 e. The fourth-order valence-corrected chi connectivity index (χ4v) is 7.10. The molecule has 1 unspecified atom stereocenters. The summed E-state index contributed by atoms with van der Waals surface area (Å²) >= 11 is 0. The van der Waals surface area contributed by atoms with E-state index in [1.807, 2.05) is 39.0 Å². The van der Waals surface area contributed by atoms with Crippen LogP contribution in [0.25, 0.3) is 0 Å². The van der Waals surface area contributed by atoms with Crippen LogP contribution in [0.3, 0.4) is 0 Å². The van der Waals surface area contributed by atoms with Crippen LogP contribution in [0.15, 0.2) is 42.5 Å². The number of rotatable bonds is 22. The zero-order valence-corrected chi connectivity index (χ0v) is 37.0. The molecule has 1 aliphatic carbocycles. The van der Waals surface area contributed by atoms with Gasteiger partial charge in [-0.3, -0.25) is 19.2 Å². The molecular formula is C47H74N4O6. The zero-order valence-electron chi connectivity index (χ0n) is 37.0. The third kappa shape index (κ3) is 14.5. The molecule has 1 saturated carbocycles. The summed E-state index contributed by atoms with van der Waals surface area (Å²) in [6, 6.07) is 13.3. The number of aryl methyl sites for hydroxylation is 3. The van der Waals surface area contributed by atoms with Crippen molar-refractivity contribution < 1.29 is 28.7 Å². The molecule has 2 aromatic rings. The molecule has 0 saturated heterocycles. The van der Waals surface area contributed by atoms with Gasteiger partial charge < -0.3 is 29.9 Å². The van der Waals surface area contributed by atoms with Crippen molar-refractivity contribution in [3.05, 3.63) is 59.2 Å². The van der Waals surface area contributed by atoms with Gasteiger partial charge in [-0.1, -0.05) is 76.9 Å². The third-order valence-electron chi connectivity index (χ3n) is 11.6. The Bertz CT molecular complexity index is 1590. The highest BCUT2D eigenvalue weighted by molar-refractivity contribution is 5.90. The van der Waals surface area contributed by atoms with Gasteiger partial charge in [0.15, 0.2) is 11.6 Å². The van der Waals surface area contributed by atoms with Crippen molar-refractivity contribution in [2.45, 2.75) is 163 Å². The van der Waals surface area contributed by atoms with Crippen molar-refractivity contribution in [1.29, 1.82) is 0 Å². The zero-order chi connectivity index (χ0) is 42.2. The number of hydrogen-bond acceptors (Lipinski definition) is 8. The standard InChI is InChI=1S/C24H36N2O3.C23H38N2O3/c1-5-6-8-19-9-7-10-20-13-14-21(29-23(19)20)15-25-22(18-11-12-18)24(28)26(4)16(2)17(3)27;1-8-9-12-20-13-10-11-14-21(20)28-17(4)15-24-22(16(2)3)23(27)25(7)18(5)19(6)26/h7,9-10,16,18,21-22,25H,5-6,8,11-15H2,1-4H3;10-11,13-14,16-18,22,24H,8-9,12,15H2,1-7H3/t16-,21?,22+;17-,18-,22+/m11/s1. The topological polar surface area (TPSA) is 117 Å². The molecule has 318 valence electrons. The molecule has 1 fully saturated rings. The number of hydrogen-bond donors (Lipinski definition) is 2. The van der Waals surface area contributed by atoms with E-state index in [-0.39, 0.29) is 59.6 Å². The van der Waals surface area contributed by atoms with Gasteiger partial charge in [0.1, 0.15) is 23.7 Å². The smallest absolute Gasteiger partial charge is 0.240 e. The second kappa shape index (κ2) is 23.6. The van der Waals surface area contributed by atoms with Crippen LogP contribution >= 0.6 is 0 Å².